The average molecular weight is 210 g/mol. The second-order valence-corrected chi connectivity index (χ2v) is 6.11. The Labute approximate surface area is 92.4 Å². The van der Waals surface area contributed by atoms with E-state index in [1.54, 1.807) is 0 Å². The topological polar surface area (TPSA) is 26.3 Å². The molecule has 15 heavy (non-hydrogen) atoms. The van der Waals surface area contributed by atoms with Gasteiger partial charge in [-0.3, -0.25) is 4.79 Å². The van der Waals surface area contributed by atoms with Crippen LogP contribution in [0.25, 0.3) is 0 Å². The van der Waals surface area contributed by atoms with Crippen LogP contribution in [0.15, 0.2) is 0 Å². The Balaban J connectivity index is 2.09. The molecule has 0 spiro atoms. The highest BCUT2D eigenvalue weighted by Gasteiger charge is 2.61. The van der Waals surface area contributed by atoms with E-state index in [1.807, 2.05) is 0 Å². The van der Waals surface area contributed by atoms with Gasteiger partial charge < -0.3 is 4.74 Å². The van der Waals surface area contributed by atoms with Crippen molar-refractivity contribution in [3.63, 3.8) is 0 Å². The van der Waals surface area contributed by atoms with Crippen LogP contribution in [0.5, 0.6) is 0 Å². The van der Waals surface area contributed by atoms with Crippen LogP contribution < -0.4 is 0 Å². The van der Waals surface area contributed by atoms with Crippen molar-refractivity contribution in [2.75, 3.05) is 6.61 Å². The van der Waals surface area contributed by atoms with Gasteiger partial charge in [0.15, 0.2) is 0 Å². The fraction of sp³-hybridized carbons (Fsp3) is 0.923. The van der Waals surface area contributed by atoms with Crippen LogP contribution in [-0.4, -0.2) is 12.6 Å². The molecule has 0 aromatic carbocycles. The maximum Gasteiger partial charge on any atom is 0.302 e. The van der Waals surface area contributed by atoms with Crippen molar-refractivity contribution in [1.82, 2.24) is 0 Å². The quantitative estimate of drug-likeness (QED) is 0.655. The number of hydrogen-bond acceptors (Lipinski definition) is 2. The zero-order valence-corrected chi connectivity index (χ0v) is 10.3. The summed E-state index contributed by atoms with van der Waals surface area (Å²) in [5.41, 5.74) is 0.810. The van der Waals surface area contributed by atoms with Crippen LogP contribution >= 0.6 is 0 Å². The molecule has 0 amide bonds. The third kappa shape index (κ3) is 1.41. The molecule has 0 aliphatic heterocycles. The lowest BCUT2D eigenvalue weighted by Gasteiger charge is -2.39. The van der Waals surface area contributed by atoms with Gasteiger partial charge in [-0.05, 0) is 41.9 Å². The number of esters is 1. The standard InChI is InChI=1S/C13H22O2/c1-9(14)15-8-11-7-10-5-6-13(11,4)12(10,2)3/h10-11H,5-8H2,1-4H3/t10-,11-,13+/m0/s1. The second kappa shape index (κ2) is 3.23. The van der Waals surface area contributed by atoms with Gasteiger partial charge in [0.25, 0.3) is 0 Å². The molecule has 2 rings (SSSR count). The molecule has 2 heteroatoms. The van der Waals surface area contributed by atoms with Crippen LogP contribution in [0.2, 0.25) is 0 Å². The molecule has 2 aliphatic carbocycles. The van der Waals surface area contributed by atoms with Gasteiger partial charge in [0.1, 0.15) is 0 Å². The van der Waals surface area contributed by atoms with E-state index >= 15 is 0 Å². The first-order valence-electron chi connectivity index (χ1n) is 6.01. The highest BCUT2D eigenvalue weighted by atomic mass is 16.5. The maximum atomic E-state index is 10.9. The van der Waals surface area contributed by atoms with Gasteiger partial charge >= 0.3 is 5.97 Å². The summed E-state index contributed by atoms with van der Waals surface area (Å²) in [7, 11) is 0. The van der Waals surface area contributed by atoms with Gasteiger partial charge in [-0.15, -0.1) is 0 Å². The Morgan fingerprint density at radius 2 is 2.07 bits per heavy atom. The molecule has 3 atom stereocenters. The first kappa shape index (κ1) is 11.0. The van der Waals surface area contributed by atoms with E-state index < -0.39 is 0 Å². The van der Waals surface area contributed by atoms with Crippen LogP contribution in [0.1, 0.15) is 47.0 Å². The fourth-order valence-corrected chi connectivity index (χ4v) is 3.84. The largest absolute Gasteiger partial charge is 0.466 e. The van der Waals surface area contributed by atoms with E-state index in [2.05, 4.69) is 20.8 Å². The Bertz CT molecular complexity index is 282. The van der Waals surface area contributed by atoms with Gasteiger partial charge in [-0.1, -0.05) is 20.8 Å². The molecule has 2 saturated carbocycles. The van der Waals surface area contributed by atoms with Crippen LogP contribution in [0.3, 0.4) is 0 Å². The third-order valence-corrected chi connectivity index (χ3v) is 5.46. The Kier molecular flexibility index (Phi) is 2.36. The zero-order valence-electron chi connectivity index (χ0n) is 10.3. The van der Waals surface area contributed by atoms with Crippen molar-refractivity contribution in [3.8, 4) is 0 Å². The van der Waals surface area contributed by atoms with Gasteiger partial charge in [0, 0.05) is 6.92 Å². The van der Waals surface area contributed by atoms with E-state index in [1.165, 1.54) is 26.2 Å². The summed E-state index contributed by atoms with van der Waals surface area (Å²) in [5.74, 6) is 1.28. The molecule has 0 aromatic rings. The van der Waals surface area contributed by atoms with Crippen molar-refractivity contribution < 1.29 is 9.53 Å². The molecule has 2 nitrogen and oxygen atoms in total. The molecule has 0 heterocycles. The lowest BCUT2D eigenvalue weighted by atomic mass is 9.67. The predicted octanol–water partition coefficient (Wildman–Crippen LogP) is 3.01. The fourth-order valence-electron chi connectivity index (χ4n) is 3.84. The SMILES string of the molecule is CC(=O)OC[C@@H]1C[C@@H]2CC[C@@]1(C)C2(C)C. The highest BCUT2D eigenvalue weighted by Crippen LogP contribution is 2.68. The normalized spacial score (nSPS) is 41.9. The van der Waals surface area contributed by atoms with Crippen molar-refractivity contribution in [3.05, 3.63) is 0 Å². The number of fused-ring (bicyclic) bond motifs is 2. The molecule has 0 unspecified atom stereocenters. The van der Waals surface area contributed by atoms with Gasteiger partial charge in [-0.2, -0.15) is 0 Å². The highest BCUT2D eigenvalue weighted by molar-refractivity contribution is 5.65. The van der Waals surface area contributed by atoms with E-state index in [9.17, 15) is 4.79 Å². The molecular formula is C13H22O2. The molecule has 0 N–H and O–H groups in total. The minimum Gasteiger partial charge on any atom is -0.466 e. The van der Waals surface area contributed by atoms with E-state index in [4.69, 9.17) is 4.74 Å². The van der Waals surface area contributed by atoms with Crippen LogP contribution in [0, 0.1) is 22.7 Å². The summed E-state index contributed by atoms with van der Waals surface area (Å²) >= 11 is 0. The third-order valence-electron chi connectivity index (χ3n) is 5.46. The molecule has 2 fully saturated rings. The first-order valence-corrected chi connectivity index (χ1v) is 6.01. The van der Waals surface area contributed by atoms with Crippen molar-refractivity contribution in [2.24, 2.45) is 22.7 Å². The van der Waals surface area contributed by atoms with Gasteiger partial charge in [0.05, 0.1) is 6.61 Å². The predicted molar refractivity (Wildman–Crippen MR) is 59.4 cm³/mol. The Hall–Kier alpha value is -0.530. The first-order chi connectivity index (χ1) is 6.88. The molecule has 0 aromatic heterocycles. The Morgan fingerprint density at radius 3 is 2.47 bits per heavy atom. The summed E-state index contributed by atoms with van der Waals surface area (Å²) in [6.45, 7) is 9.29. The molecule has 2 aliphatic rings. The zero-order chi connectivity index (χ0) is 11.3. The smallest absolute Gasteiger partial charge is 0.302 e. The minimum atomic E-state index is -0.140. The molecule has 86 valence electrons. The van der Waals surface area contributed by atoms with Gasteiger partial charge in [-0.25, -0.2) is 0 Å². The van der Waals surface area contributed by atoms with Gasteiger partial charge in [0.2, 0.25) is 0 Å². The van der Waals surface area contributed by atoms with Crippen molar-refractivity contribution >= 4 is 5.97 Å². The van der Waals surface area contributed by atoms with E-state index in [0.29, 0.717) is 23.4 Å². The summed E-state index contributed by atoms with van der Waals surface area (Å²) in [6.07, 6.45) is 3.91. The molecule has 2 bridgehead atoms. The number of carbonyl (C=O) groups is 1. The summed E-state index contributed by atoms with van der Waals surface area (Å²) in [6, 6.07) is 0. The van der Waals surface area contributed by atoms with Crippen molar-refractivity contribution in [2.45, 2.75) is 47.0 Å². The summed E-state index contributed by atoms with van der Waals surface area (Å²) in [4.78, 5) is 10.9. The summed E-state index contributed by atoms with van der Waals surface area (Å²) < 4.78 is 5.20. The molecular weight excluding hydrogens is 188 g/mol. The second-order valence-electron chi connectivity index (χ2n) is 6.11. The number of ether oxygens (including phenoxy) is 1. The van der Waals surface area contributed by atoms with Crippen LogP contribution in [0.4, 0.5) is 0 Å². The maximum absolute atomic E-state index is 10.9. The summed E-state index contributed by atoms with van der Waals surface area (Å²) in [5, 5.41) is 0. The van der Waals surface area contributed by atoms with E-state index in [0.717, 1.165) is 5.92 Å². The van der Waals surface area contributed by atoms with E-state index in [-0.39, 0.29) is 5.97 Å². The lowest BCUT2D eigenvalue weighted by Crippen LogP contribution is -2.34. The molecule has 0 radical (unpaired) electrons. The minimum absolute atomic E-state index is 0.140. The number of hydrogen-bond donors (Lipinski definition) is 0. The van der Waals surface area contributed by atoms with Crippen molar-refractivity contribution in [1.29, 1.82) is 0 Å². The number of rotatable bonds is 2. The molecule has 0 saturated heterocycles. The number of carbonyl (C=O) groups excluding carboxylic acids is 1. The lowest BCUT2D eigenvalue weighted by molar-refractivity contribution is -0.144. The monoisotopic (exact) mass is 210 g/mol. The Morgan fingerprint density at radius 1 is 1.40 bits per heavy atom. The average Bonchev–Trinajstić information content (AvgIpc) is 2.46. The van der Waals surface area contributed by atoms with Crippen LogP contribution in [-0.2, 0) is 9.53 Å².